The molecule has 0 saturated carbocycles. The summed E-state index contributed by atoms with van der Waals surface area (Å²) in [5.74, 6) is 0. The van der Waals surface area contributed by atoms with Crippen LogP contribution in [0.3, 0.4) is 0 Å². The second-order valence-electron chi connectivity index (χ2n) is 2.14. The smallest absolute Gasteiger partial charge is 0.205 e. The van der Waals surface area contributed by atoms with Crippen molar-refractivity contribution < 1.29 is 8.78 Å². The second-order valence-corrected chi connectivity index (χ2v) is 2.14. The Kier molecular flexibility index (Phi) is 4.42. The van der Waals surface area contributed by atoms with E-state index in [1.165, 1.54) is 12.2 Å². The lowest BCUT2D eigenvalue weighted by Gasteiger charge is -2.02. The van der Waals surface area contributed by atoms with Gasteiger partial charge in [0.15, 0.2) is 0 Å². The SMILES string of the molecule is C=C/C(C)=C(\C=C/C)C(F)F. The Morgan fingerprint density at radius 1 is 1.45 bits per heavy atom. The molecule has 0 N–H and O–H groups in total. The first-order valence-corrected chi connectivity index (χ1v) is 3.37. The fourth-order valence-electron chi connectivity index (χ4n) is 0.674. The van der Waals surface area contributed by atoms with Crippen molar-refractivity contribution in [2.45, 2.75) is 20.3 Å². The third kappa shape index (κ3) is 3.12. The molecular formula is C9H12F2. The molecule has 0 fully saturated rings. The maximum atomic E-state index is 12.2. The van der Waals surface area contributed by atoms with Crippen molar-refractivity contribution in [3.63, 3.8) is 0 Å². The molecule has 0 rings (SSSR count). The van der Waals surface area contributed by atoms with Gasteiger partial charge in [0, 0.05) is 5.57 Å². The van der Waals surface area contributed by atoms with Crippen molar-refractivity contribution in [3.05, 3.63) is 36.0 Å². The maximum absolute atomic E-state index is 12.2. The van der Waals surface area contributed by atoms with Gasteiger partial charge in [0.2, 0.25) is 0 Å². The fourth-order valence-corrected chi connectivity index (χ4v) is 0.674. The van der Waals surface area contributed by atoms with Gasteiger partial charge >= 0.3 is 0 Å². The third-order valence-corrected chi connectivity index (χ3v) is 1.34. The Balaban J connectivity index is 4.71. The molecule has 0 aromatic heterocycles. The zero-order chi connectivity index (χ0) is 8.85. The van der Waals surface area contributed by atoms with E-state index in [4.69, 9.17) is 0 Å². The molecule has 0 aliphatic heterocycles. The summed E-state index contributed by atoms with van der Waals surface area (Å²) in [6, 6.07) is 0. The van der Waals surface area contributed by atoms with E-state index < -0.39 is 6.43 Å². The molecule has 0 aromatic rings. The highest BCUT2D eigenvalue weighted by atomic mass is 19.3. The van der Waals surface area contributed by atoms with Gasteiger partial charge in [-0.3, -0.25) is 0 Å². The molecule has 0 bridgehead atoms. The van der Waals surface area contributed by atoms with Gasteiger partial charge in [-0.1, -0.05) is 24.8 Å². The standard InChI is InChI=1S/C9H12F2/c1-4-6-8(9(10)11)7(3)5-2/h4-6,9H,2H2,1,3H3/b6-4-,8-7+. The molecule has 0 aromatic carbocycles. The fraction of sp³-hybridized carbons (Fsp3) is 0.333. The largest absolute Gasteiger partial charge is 0.264 e. The molecule has 11 heavy (non-hydrogen) atoms. The Morgan fingerprint density at radius 3 is 2.27 bits per heavy atom. The van der Waals surface area contributed by atoms with Crippen LogP contribution in [0.15, 0.2) is 36.0 Å². The van der Waals surface area contributed by atoms with Crippen LogP contribution in [0.25, 0.3) is 0 Å². The summed E-state index contributed by atoms with van der Waals surface area (Å²) < 4.78 is 24.3. The topological polar surface area (TPSA) is 0 Å². The second kappa shape index (κ2) is 4.83. The molecule has 0 aliphatic carbocycles. The molecule has 0 atom stereocenters. The van der Waals surface area contributed by atoms with Crippen LogP contribution in [0.2, 0.25) is 0 Å². The van der Waals surface area contributed by atoms with Gasteiger partial charge in [-0.25, -0.2) is 8.78 Å². The molecule has 0 nitrogen and oxygen atoms in total. The average Bonchev–Trinajstić information content (AvgIpc) is 1.98. The van der Waals surface area contributed by atoms with Gasteiger partial charge in [0.1, 0.15) is 0 Å². The van der Waals surface area contributed by atoms with Crippen LogP contribution in [0.5, 0.6) is 0 Å². The van der Waals surface area contributed by atoms with Crippen molar-refractivity contribution in [3.8, 4) is 0 Å². The normalized spacial score (nSPS) is 13.9. The van der Waals surface area contributed by atoms with Crippen LogP contribution < -0.4 is 0 Å². The van der Waals surface area contributed by atoms with E-state index in [0.717, 1.165) is 0 Å². The molecule has 0 saturated heterocycles. The van der Waals surface area contributed by atoms with Gasteiger partial charge in [-0.15, -0.1) is 0 Å². The van der Waals surface area contributed by atoms with E-state index in [9.17, 15) is 8.78 Å². The quantitative estimate of drug-likeness (QED) is 0.552. The molecule has 0 aliphatic rings. The first-order chi connectivity index (χ1) is 5.13. The van der Waals surface area contributed by atoms with Crippen molar-refractivity contribution >= 4 is 0 Å². The Morgan fingerprint density at radius 2 is 2.00 bits per heavy atom. The summed E-state index contributed by atoms with van der Waals surface area (Å²) in [6.07, 6.45) is 2.02. The zero-order valence-electron chi connectivity index (χ0n) is 6.77. The van der Waals surface area contributed by atoms with Crippen LogP contribution >= 0.6 is 0 Å². The minimum Gasteiger partial charge on any atom is -0.205 e. The summed E-state index contributed by atoms with van der Waals surface area (Å²) in [5.41, 5.74) is 0.570. The van der Waals surface area contributed by atoms with Crippen molar-refractivity contribution in [2.24, 2.45) is 0 Å². The molecule has 0 heterocycles. The number of rotatable bonds is 3. The van der Waals surface area contributed by atoms with Crippen LogP contribution in [-0.2, 0) is 0 Å². The maximum Gasteiger partial charge on any atom is 0.264 e. The lowest BCUT2D eigenvalue weighted by atomic mass is 10.1. The van der Waals surface area contributed by atoms with Crippen molar-refractivity contribution in [1.29, 1.82) is 0 Å². The van der Waals surface area contributed by atoms with Gasteiger partial charge < -0.3 is 0 Å². The van der Waals surface area contributed by atoms with Gasteiger partial charge in [0.05, 0.1) is 0 Å². The van der Waals surface area contributed by atoms with Crippen LogP contribution in [0.4, 0.5) is 8.78 Å². The summed E-state index contributed by atoms with van der Waals surface area (Å²) in [6.45, 7) is 6.75. The lowest BCUT2D eigenvalue weighted by Crippen LogP contribution is -1.95. The highest BCUT2D eigenvalue weighted by molar-refractivity contribution is 5.32. The van der Waals surface area contributed by atoms with E-state index in [1.807, 2.05) is 0 Å². The zero-order valence-corrected chi connectivity index (χ0v) is 6.77. The molecule has 0 unspecified atom stereocenters. The third-order valence-electron chi connectivity index (χ3n) is 1.34. The Hall–Kier alpha value is -0.920. The lowest BCUT2D eigenvalue weighted by molar-refractivity contribution is 0.193. The highest BCUT2D eigenvalue weighted by Gasteiger charge is 2.08. The van der Waals surface area contributed by atoms with Crippen molar-refractivity contribution in [1.82, 2.24) is 0 Å². The van der Waals surface area contributed by atoms with E-state index in [2.05, 4.69) is 6.58 Å². The molecule has 2 heteroatoms. The molecule has 0 radical (unpaired) electrons. The van der Waals surface area contributed by atoms with E-state index in [-0.39, 0.29) is 5.57 Å². The minimum absolute atomic E-state index is 0.0440. The number of alkyl halides is 2. The van der Waals surface area contributed by atoms with Crippen molar-refractivity contribution in [2.75, 3.05) is 0 Å². The van der Waals surface area contributed by atoms with Crippen LogP contribution in [-0.4, -0.2) is 6.43 Å². The number of halogens is 2. The molecular weight excluding hydrogens is 146 g/mol. The van der Waals surface area contributed by atoms with E-state index >= 15 is 0 Å². The highest BCUT2D eigenvalue weighted by Crippen LogP contribution is 2.15. The Labute approximate surface area is 65.9 Å². The molecule has 62 valence electrons. The summed E-state index contributed by atoms with van der Waals surface area (Å²) >= 11 is 0. The number of hydrogen-bond acceptors (Lipinski definition) is 0. The van der Waals surface area contributed by atoms with Gasteiger partial charge in [-0.05, 0) is 19.4 Å². The predicted octanol–water partition coefficient (Wildman–Crippen LogP) is 3.33. The molecule has 0 spiro atoms. The average molecular weight is 158 g/mol. The van der Waals surface area contributed by atoms with Gasteiger partial charge in [-0.2, -0.15) is 0 Å². The minimum atomic E-state index is -2.41. The van der Waals surface area contributed by atoms with Crippen LogP contribution in [0, 0.1) is 0 Å². The van der Waals surface area contributed by atoms with E-state index in [0.29, 0.717) is 5.57 Å². The Bertz CT molecular complexity index is 188. The van der Waals surface area contributed by atoms with Gasteiger partial charge in [0.25, 0.3) is 6.43 Å². The van der Waals surface area contributed by atoms with E-state index in [1.54, 1.807) is 19.9 Å². The number of hydrogen-bond donors (Lipinski definition) is 0. The number of allylic oxidation sites excluding steroid dienone is 5. The molecule has 0 amide bonds. The summed E-state index contributed by atoms with van der Waals surface area (Å²) in [5, 5.41) is 0. The monoisotopic (exact) mass is 158 g/mol. The first kappa shape index (κ1) is 10.1. The summed E-state index contributed by atoms with van der Waals surface area (Å²) in [7, 11) is 0. The predicted molar refractivity (Wildman–Crippen MR) is 43.7 cm³/mol. The summed E-state index contributed by atoms with van der Waals surface area (Å²) in [4.78, 5) is 0. The first-order valence-electron chi connectivity index (χ1n) is 3.37. The van der Waals surface area contributed by atoms with Crippen LogP contribution in [0.1, 0.15) is 13.8 Å².